The molecule has 0 fully saturated rings. The Kier molecular flexibility index (Phi) is 4.67. The summed E-state index contributed by atoms with van der Waals surface area (Å²) in [5.41, 5.74) is 7.78. The first kappa shape index (κ1) is 13.3. The van der Waals surface area contributed by atoms with Gasteiger partial charge in [-0.15, -0.1) is 0 Å². The van der Waals surface area contributed by atoms with Crippen LogP contribution in [0.25, 0.3) is 0 Å². The monoisotopic (exact) mass is 257 g/mol. The molecular weight excluding hydrogens is 238 g/mol. The lowest BCUT2D eigenvalue weighted by molar-refractivity contribution is 0.312. The van der Waals surface area contributed by atoms with Crippen LogP contribution in [0.2, 0.25) is 0 Å². The number of hydrogen-bond acceptors (Lipinski definition) is 3. The summed E-state index contributed by atoms with van der Waals surface area (Å²) in [5, 5.41) is 0. The first-order valence-electron chi connectivity index (χ1n) is 6.40. The smallest absolute Gasteiger partial charge is 0.142 e. The maximum absolute atomic E-state index is 5.81. The summed E-state index contributed by atoms with van der Waals surface area (Å²) < 4.78 is 10.8. The van der Waals surface area contributed by atoms with Crippen LogP contribution in [0.15, 0.2) is 48.5 Å². The van der Waals surface area contributed by atoms with Crippen LogP contribution >= 0.6 is 0 Å². The van der Waals surface area contributed by atoms with Gasteiger partial charge < -0.3 is 15.2 Å². The minimum Gasteiger partial charge on any atom is -0.497 e. The van der Waals surface area contributed by atoms with Crippen molar-refractivity contribution in [3.8, 4) is 11.5 Å². The number of benzene rings is 2. The van der Waals surface area contributed by atoms with Crippen LogP contribution in [-0.2, 0) is 6.42 Å². The normalized spacial score (nSPS) is 10.2. The predicted octanol–water partition coefficient (Wildman–Crippen LogP) is 3.29. The van der Waals surface area contributed by atoms with Crippen molar-refractivity contribution < 1.29 is 9.47 Å². The van der Waals surface area contributed by atoms with Crippen LogP contribution in [0.5, 0.6) is 11.5 Å². The van der Waals surface area contributed by atoms with Gasteiger partial charge in [-0.25, -0.2) is 0 Å². The minimum atomic E-state index is 0.667. The average Bonchev–Trinajstić information content (AvgIpc) is 2.46. The van der Waals surface area contributed by atoms with Gasteiger partial charge in [0.1, 0.15) is 11.5 Å². The molecule has 2 aromatic carbocycles. The van der Waals surface area contributed by atoms with E-state index in [1.54, 1.807) is 7.11 Å². The molecule has 100 valence electrons. The highest BCUT2D eigenvalue weighted by Gasteiger charge is 1.99. The van der Waals surface area contributed by atoms with Gasteiger partial charge in [0.25, 0.3) is 0 Å². The van der Waals surface area contributed by atoms with Gasteiger partial charge in [0, 0.05) is 0 Å². The minimum absolute atomic E-state index is 0.667. The standard InChI is InChI=1S/C16H19NO2/c1-18-14-10-8-13(9-11-14)5-4-12-19-16-7-3-2-6-15(16)17/h2-3,6-11H,4-5,12,17H2,1H3. The van der Waals surface area contributed by atoms with Crippen LogP contribution in [0.4, 0.5) is 5.69 Å². The number of ether oxygens (including phenoxy) is 2. The molecule has 0 radical (unpaired) electrons. The van der Waals surface area contributed by atoms with Crippen molar-refractivity contribution in [3.63, 3.8) is 0 Å². The zero-order chi connectivity index (χ0) is 13.5. The number of methoxy groups -OCH3 is 1. The van der Waals surface area contributed by atoms with Gasteiger partial charge in [-0.2, -0.15) is 0 Å². The second-order valence-electron chi connectivity index (χ2n) is 4.34. The van der Waals surface area contributed by atoms with Crippen LogP contribution in [0, 0.1) is 0 Å². The molecule has 19 heavy (non-hydrogen) atoms. The molecule has 2 N–H and O–H groups in total. The number of hydrogen-bond donors (Lipinski definition) is 1. The van der Waals surface area contributed by atoms with Gasteiger partial charge in [-0.3, -0.25) is 0 Å². The van der Waals surface area contributed by atoms with Gasteiger partial charge in [0.05, 0.1) is 19.4 Å². The van der Waals surface area contributed by atoms with E-state index in [2.05, 4.69) is 12.1 Å². The highest BCUT2D eigenvalue weighted by molar-refractivity contribution is 5.51. The van der Waals surface area contributed by atoms with E-state index < -0.39 is 0 Å². The number of rotatable bonds is 6. The molecule has 0 saturated carbocycles. The molecule has 0 aliphatic rings. The molecule has 0 bridgehead atoms. The summed E-state index contributed by atoms with van der Waals surface area (Å²) in [4.78, 5) is 0. The first-order valence-corrected chi connectivity index (χ1v) is 6.40. The summed E-state index contributed by atoms with van der Waals surface area (Å²) in [7, 11) is 1.67. The predicted molar refractivity (Wildman–Crippen MR) is 77.7 cm³/mol. The van der Waals surface area contributed by atoms with E-state index in [9.17, 15) is 0 Å². The first-order chi connectivity index (χ1) is 9.29. The molecule has 0 saturated heterocycles. The van der Waals surface area contributed by atoms with E-state index in [1.807, 2.05) is 36.4 Å². The van der Waals surface area contributed by atoms with E-state index in [0.717, 1.165) is 24.3 Å². The number of nitrogens with two attached hydrogens (primary N) is 1. The highest BCUT2D eigenvalue weighted by Crippen LogP contribution is 2.20. The molecule has 3 heteroatoms. The van der Waals surface area contributed by atoms with Crippen LogP contribution in [-0.4, -0.2) is 13.7 Å². The quantitative estimate of drug-likeness (QED) is 0.638. The highest BCUT2D eigenvalue weighted by atomic mass is 16.5. The van der Waals surface area contributed by atoms with E-state index >= 15 is 0 Å². The fourth-order valence-corrected chi connectivity index (χ4v) is 1.86. The maximum atomic E-state index is 5.81. The molecule has 0 spiro atoms. The molecule has 2 aromatic rings. The van der Waals surface area contributed by atoms with Gasteiger partial charge in [-0.05, 0) is 42.7 Å². The molecule has 0 amide bonds. The van der Waals surface area contributed by atoms with Crippen LogP contribution < -0.4 is 15.2 Å². The Labute approximate surface area is 114 Å². The third-order valence-electron chi connectivity index (χ3n) is 2.95. The topological polar surface area (TPSA) is 44.5 Å². The second kappa shape index (κ2) is 6.69. The fourth-order valence-electron chi connectivity index (χ4n) is 1.86. The molecule has 0 aliphatic heterocycles. The van der Waals surface area contributed by atoms with Crippen molar-refractivity contribution in [3.05, 3.63) is 54.1 Å². The third kappa shape index (κ3) is 3.91. The Morgan fingerprint density at radius 3 is 2.42 bits per heavy atom. The number of para-hydroxylation sites is 2. The van der Waals surface area contributed by atoms with E-state index in [0.29, 0.717) is 12.3 Å². The van der Waals surface area contributed by atoms with Crippen LogP contribution in [0.1, 0.15) is 12.0 Å². The lowest BCUT2D eigenvalue weighted by Crippen LogP contribution is -2.01. The number of nitrogen functional groups attached to an aromatic ring is 1. The molecule has 0 aliphatic carbocycles. The van der Waals surface area contributed by atoms with Gasteiger partial charge in [0.2, 0.25) is 0 Å². The van der Waals surface area contributed by atoms with Gasteiger partial charge in [-0.1, -0.05) is 24.3 Å². The van der Waals surface area contributed by atoms with Crippen molar-refractivity contribution in [1.29, 1.82) is 0 Å². The Balaban J connectivity index is 1.76. The SMILES string of the molecule is COc1ccc(CCCOc2ccccc2N)cc1. The van der Waals surface area contributed by atoms with Gasteiger partial charge in [0.15, 0.2) is 0 Å². The number of aryl methyl sites for hydroxylation is 1. The Bertz CT molecular complexity index is 508. The van der Waals surface area contributed by atoms with Crippen LogP contribution in [0.3, 0.4) is 0 Å². The van der Waals surface area contributed by atoms with E-state index in [1.165, 1.54) is 5.56 Å². The zero-order valence-electron chi connectivity index (χ0n) is 11.1. The molecule has 0 heterocycles. The second-order valence-corrected chi connectivity index (χ2v) is 4.34. The largest absolute Gasteiger partial charge is 0.497 e. The van der Waals surface area contributed by atoms with Gasteiger partial charge >= 0.3 is 0 Å². The van der Waals surface area contributed by atoms with Crippen molar-refractivity contribution in [2.45, 2.75) is 12.8 Å². The summed E-state index contributed by atoms with van der Waals surface area (Å²) >= 11 is 0. The Hall–Kier alpha value is -2.16. The van der Waals surface area contributed by atoms with Crippen molar-refractivity contribution in [1.82, 2.24) is 0 Å². The fraction of sp³-hybridized carbons (Fsp3) is 0.250. The number of anilines is 1. The molecular formula is C16H19NO2. The third-order valence-corrected chi connectivity index (χ3v) is 2.95. The summed E-state index contributed by atoms with van der Waals surface area (Å²) in [6.07, 6.45) is 1.94. The van der Waals surface area contributed by atoms with Crippen molar-refractivity contribution in [2.24, 2.45) is 0 Å². The molecule has 0 unspecified atom stereocenters. The molecule has 3 nitrogen and oxygen atoms in total. The average molecular weight is 257 g/mol. The summed E-state index contributed by atoms with van der Waals surface area (Å²) in [6.45, 7) is 0.667. The van der Waals surface area contributed by atoms with Crippen molar-refractivity contribution in [2.75, 3.05) is 19.5 Å². The molecule has 0 atom stereocenters. The van der Waals surface area contributed by atoms with Crippen molar-refractivity contribution >= 4 is 5.69 Å². The maximum Gasteiger partial charge on any atom is 0.142 e. The van der Waals surface area contributed by atoms with E-state index in [-0.39, 0.29) is 0 Å². The zero-order valence-corrected chi connectivity index (χ0v) is 11.1. The van der Waals surface area contributed by atoms with E-state index in [4.69, 9.17) is 15.2 Å². The summed E-state index contributed by atoms with van der Waals surface area (Å²) in [6, 6.07) is 15.7. The summed E-state index contributed by atoms with van der Waals surface area (Å²) in [5.74, 6) is 1.65. The lowest BCUT2D eigenvalue weighted by Gasteiger charge is -2.08. The molecule has 2 rings (SSSR count). The lowest BCUT2D eigenvalue weighted by atomic mass is 10.1. The Morgan fingerprint density at radius 2 is 1.74 bits per heavy atom. The Morgan fingerprint density at radius 1 is 1.00 bits per heavy atom. The molecule has 0 aromatic heterocycles.